The van der Waals surface area contributed by atoms with Gasteiger partial charge in [0.15, 0.2) is 11.5 Å². The van der Waals surface area contributed by atoms with E-state index in [4.69, 9.17) is 21.1 Å². The summed E-state index contributed by atoms with van der Waals surface area (Å²) in [5, 5.41) is 3.23. The van der Waals surface area contributed by atoms with Crippen molar-refractivity contribution in [2.75, 3.05) is 31.0 Å². The van der Waals surface area contributed by atoms with Crippen LogP contribution in [0.2, 0.25) is 5.02 Å². The molecule has 2 aromatic rings. The predicted molar refractivity (Wildman–Crippen MR) is 111 cm³/mol. The summed E-state index contributed by atoms with van der Waals surface area (Å²) in [5.74, 6) is 3.20. The molecule has 0 aliphatic carbocycles. The molecule has 1 N–H and O–H groups in total. The van der Waals surface area contributed by atoms with Gasteiger partial charge in [-0.3, -0.25) is 4.79 Å². The van der Waals surface area contributed by atoms with E-state index in [0.29, 0.717) is 32.4 Å². The SMILES string of the molecule is COc1cc(Cl)c(NC(=O)c2ccc(C3SCCCS3)cc2)cc1OC. The minimum absolute atomic E-state index is 0.213. The molecule has 1 saturated heterocycles. The molecule has 1 aliphatic rings. The molecule has 4 nitrogen and oxygen atoms in total. The zero-order chi connectivity index (χ0) is 18.5. The van der Waals surface area contributed by atoms with Crippen LogP contribution in [-0.4, -0.2) is 31.6 Å². The van der Waals surface area contributed by atoms with E-state index in [0.717, 1.165) is 0 Å². The van der Waals surface area contributed by atoms with Gasteiger partial charge in [-0.15, -0.1) is 23.5 Å². The zero-order valence-electron chi connectivity index (χ0n) is 14.6. The largest absolute Gasteiger partial charge is 0.493 e. The first-order valence-corrected chi connectivity index (χ1v) is 10.7. The summed E-state index contributed by atoms with van der Waals surface area (Å²) in [5.41, 5.74) is 2.32. The predicted octanol–water partition coefficient (Wildman–Crippen LogP) is 5.48. The fraction of sp³-hybridized carbons (Fsp3) is 0.316. The van der Waals surface area contributed by atoms with E-state index < -0.39 is 0 Å². The van der Waals surface area contributed by atoms with E-state index in [9.17, 15) is 4.79 Å². The first kappa shape index (κ1) is 19.3. The molecule has 0 aromatic heterocycles. The van der Waals surface area contributed by atoms with Crippen LogP contribution in [0.1, 0.15) is 26.9 Å². The summed E-state index contributed by atoms with van der Waals surface area (Å²) in [6, 6.07) is 11.0. The van der Waals surface area contributed by atoms with E-state index in [1.807, 2.05) is 47.8 Å². The number of amides is 1. The van der Waals surface area contributed by atoms with Crippen LogP contribution in [-0.2, 0) is 0 Å². The maximum absolute atomic E-state index is 12.6. The first-order valence-electron chi connectivity index (χ1n) is 8.18. The van der Waals surface area contributed by atoms with Crippen molar-refractivity contribution in [3.8, 4) is 11.5 Å². The fourth-order valence-corrected chi connectivity index (χ4v) is 5.71. The average molecular weight is 410 g/mol. The lowest BCUT2D eigenvalue weighted by molar-refractivity contribution is 0.102. The Morgan fingerprint density at radius 3 is 2.31 bits per heavy atom. The Balaban J connectivity index is 1.73. The molecule has 7 heteroatoms. The minimum atomic E-state index is -0.213. The number of ether oxygens (including phenoxy) is 2. The lowest BCUT2D eigenvalue weighted by atomic mass is 10.1. The molecule has 0 bridgehead atoms. The number of halogens is 1. The van der Waals surface area contributed by atoms with Gasteiger partial charge in [-0.2, -0.15) is 0 Å². The van der Waals surface area contributed by atoms with E-state index in [-0.39, 0.29) is 5.91 Å². The molecular weight excluding hydrogens is 390 g/mol. The molecule has 0 spiro atoms. The number of hydrogen-bond donors (Lipinski definition) is 1. The van der Waals surface area contributed by atoms with Crippen LogP contribution in [0.3, 0.4) is 0 Å². The van der Waals surface area contributed by atoms with Gasteiger partial charge in [0.1, 0.15) is 0 Å². The van der Waals surface area contributed by atoms with Crippen molar-refractivity contribution in [3.63, 3.8) is 0 Å². The molecule has 0 atom stereocenters. The summed E-state index contributed by atoms with van der Waals surface area (Å²) in [6.45, 7) is 0. The molecule has 0 saturated carbocycles. The summed E-state index contributed by atoms with van der Waals surface area (Å²) < 4.78 is 10.9. The van der Waals surface area contributed by atoms with Crippen molar-refractivity contribution < 1.29 is 14.3 Å². The molecule has 0 radical (unpaired) electrons. The number of hydrogen-bond acceptors (Lipinski definition) is 5. The second-order valence-electron chi connectivity index (χ2n) is 5.69. The van der Waals surface area contributed by atoms with Crippen molar-refractivity contribution in [1.29, 1.82) is 0 Å². The van der Waals surface area contributed by atoms with Gasteiger partial charge >= 0.3 is 0 Å². The summed E-state index contributed by atoms with van der Waals surface area (Å²) >= 11 is 10.2. The zero-order valence-corrected chi connectivity index (χ0v) is 17.0. The highest BCUT2D eigenvalue weighted by molar-refractivity contribution is 8.16. The second-order valence-corrected chi connectivity index (χ2v) is 8.82. The van der Waals surface area contributed by atoms with E-state index in [1.54, 1.807) is 12.1 Å². The van der Waals surface area contributed by atoms with Gasteiger partial charge in [0, 0.05) is 17.7 Å². The molecular formula is C19H20ClNO3S2. The Kier molecular flexibility index (Phi) is 6.62. The molecule has 0 unspecified atom stereocenters. The Hall–Kier alpha value is -1.50. The van der Waals surface area contributed by atoms with Crippen molar-refractivity contribution in [3.05, 3.63) is 52.5 Å². The number of methoxy groups -OCH3 is 2. The van der Waals surface area contributed by atoms with Gasteiger partial charge < -0.3 is 14.8 Å². The third kappa shape index (κ3) is 4.42. The lowest BCUT2D eigenvalue weighted by Crippen LogP contribution is -2.12. The molecule has 26 heavy (non-hydrogen) atoms. The van der Waals surface area contributed by atoms with Gasteiger partial charge in [0.2, 0.25) is 0 Å². The van der Waals surface area contributed by atoms with Gasteiger partial charge in [0.25, 0.3) is 5.91 Å². The topological polar surface area (TPSA) is 47.6 Å². The maximum atomic E-state index is 12.6. The highest BCUT2D eigenvalue weighted by Gasteiger charge is 2.18. The minimum Gasteiger partial charge on any atom is -0.493 e. The summed E-state index contributed by atoms with van der Waals surface area (Å²) in [4.78, 5) is 12.6. The molecule has 1 fully saturated rings. The number of thioether (sulfide) groups is 2. The monoisotopic (exact) mass is 409 g/mol. The Bertz CT molecular complexity index is 777. The summed E-state index contributed by atoms with van der Waals surface area (Å²) in [7, 11) is 3.08. The standard InChI is InChI=1S/C19H20ClNO3S2/c1-23-16-10-14(20)15(11-17(16)24-2)21-18(22)12-4-6-13(7-5-12)19-25-8-3-9-26-19/h4-7,10-11,19H,3,8-9H2,1-2H3,(H,21,22). The molecule has 2 aromatic carbocycles. The number of nitrogens with one attached hydrogen (secondary N) is 1. The highest BCUT2D eigenvalue weighted by atomic mass is 35.5. The van der Waals surface area contributed by atoms with E-state index in [1.165, 1.54) is 37.7 Å². The number of carbonyl (C=O) groups is 1. The number of carbonyl (C=O) groups excluding carboxylic acids is 1. The molecule has 138 valence electrons. The number of rotatable bonds is 5. The lowest BCUT2D eigenvalue weighted by Gasteiger charge is -2.21. The maximum Gasteiger partial charge on any atom is 0.255 e. The average Bonchev–Trinajstić information content (AvgIpc) is 2.69. The van der Waals surface area contributed by atoms with Crippen LogP contribution in [0.5, 0.6) is 11.5 Å². The molecule has 1 heterocycles. The Labute approximate surface area is 167 Å². The first-order chi connectivity index (χ1) is 12.6. The second kappa shape index (κ2) is 8.93. The van der Waals surface area contributed by atoms with Crippen LogP contribution in [0.4, 0.5) is 5.69 Å². The molecule has 1 aliphatic heterocycles. The van der Waals surface area contributed by atoms with Crippen LogP contribution in [0.15, 0.2) is 36.4 Å². The van der Waals surface area contributed by atoms with Gasteiger partial charge in [-0.1, -0.05) is 23.7 Å². The van der Waals surface area contributed by atoms with Crippen molar-refractivity contribution in [2.45, 2.75) is 11.0 Å². The Morgan fingerprint density at radius 2 is 1.69 bits per heavy atom. The smallest absolute Gasteiger partial charge is 0.255 e. The van der Waals surface area contributed by atoms with Crippen LogP contribution < -0.4 is 14.8 Å². The van der Waals surface area contributed by atoms with Crippen molar-refractivity contribution in [1.82, 2.24) is 0 Å². The third-order valence-electron chi connectivity index (χ3n) is 3.99. The quantitative estimate of drug-likeness (QED) is 0.708. The third-order valence-corrected chi connectivity index (χ3v) is 7.32. The van der Waals surface area contributed by atoms with E-state index >= 15 is 0 Å². The van der Waals surface area contributed by atoms with Gasteiger partial charge in [-0.25, -0.2) is 0 Å². The molecule has 3 rings (SSSR count). The summed E-state index contributed by atoms with van der Waals surface area (Å²) in [6.07, 6.45) is 1.26. The number of benzene rings is 2. The van der Waals surface area contributed by atoms with Crippen LogP contribution in [0, 0.1) is 0 Å². The van der Waals surface area contributed by atoms with Gasteiger partial charge in [0.05, 0.1) is 29.5 Å². The number of anilines is 1. The molecule has 1 amide bonds. The normalized spacial score (nSPS) is 14.7. The van der Waals surface area contributed by atoms with Crippen molar-refractivity contribution >= 4 is 46.7 Å². The van der Waals surface area contributed by atoms with Crippen LogP contribution >= 0.6 is 35.1 Å². The Morgan fingerprint density at radius 1 is 1.08 bits per heavy atom. The van der Waals surface area contributed by atoms with Crippen LogP contribution in [0.25, 0.3) is 0 Å². The fourth-order valence-electron chi connectivity index (χ4n) is 2.62. The van der Waals surface area contributed by atoms with Crippen molar-refractivity contribution in [2.24, 2.45) is 0 Å². The van der Waals surface area contributed by atoms with Gasteiger partial charge in [-0.05, 0) is 35.6 Å². The highest BCUT2D eigenvalue weighted by Crippen LogP contribution is 2.43. The van der Waals surface area contributed by atoms with E-state index in [2.05, 4.69) is 5.32 Å².